The van der Waals surface area contributed by atoms with Crippen molar-refractivity contribution in [1.29, 1.82) is 0 Å². The summed E-state index contributed by atoms with van der Waals surface area (Å²) in [5.41, 5.74) is 0.886. The molecule has 4 nitrogen and oxygen atoms in total. The first-order chi connectivity index (χ1) is 8.74. The fourth-order valence-electron chi connectivity index (χ4n) is 1.40. The van der Waals surface area contributed by atoms with Crippen LogP contribution in [0.5, 0.6) is 0 Å². The van der Waals surface area contributed by atoms with Gasteiger partial charge in [0.05, 0.1) is 11.3 Å². The van der Waals surface area contributed by atoms with Gasteiger partial charge >= 0.3 is 6.18 Å². The monoisotopic (exact) mass is 296 g/mol. The summed E-state index contributed by atoms with van der Waals surface area (Å²) in [6.07, 6.45) is -5.57. The van der Waals surface area contributed by atoms with Crippen molar-refractivity contribution in [3.05, 3.63) is 29.8 Å². The fraction of sp³-hybridized carbons (Fsp3) is 0.455. The number of hydrogen-bond donors (Lipinski definition) is 2. The first-order valence-corrected chi connectivity index (χ1v) is 7.03. The van der Waals surface area contributed by atoms with E-state index >= 15 is 0 Å². The summed E-state index contributed by atoms with van der Waals surface area (Å²) >= 11 is 0. The summed E-state index contributed by atoms with van der Waals surface area (Å²) in [5.74, 6) is 0. The molecule has 2 N–H and O–H groups in total. The number of sulfonamides is 1. The molecule has 0 radical (unpaired) electrons. The minimum atomic E-state index is -4.38. The average Bonchev–Trinajstić information content (AvgIpc) is 2.28. The summed E-state index contributed by atoms with van der Waals surface area (Å²) in [5, 5.41) is 2.90. The average molecular weight is 296 g/mol. The van der Waals surface area contributed by atoms with Gasteiger partial charge in [0.15, 0.2) is 0 Å². The van der Waals surface area contributed by atoms with E-state index in [0.29, 0.717) is 6.54 Å². The van der Waals surface area contributed by atoms with Gasteiger partial charge in [0.2, 0.25) is 10.0 Å². The summed E-state index contributed by atoms with van der Waals surface area (Å²) in [7, 11) is -2.13. The van der Waals surface area contributed by atoms with Gasteiger partial charge in [0.1, 0.15) is 0 Å². The zero-order valence-corrected chi connectivity index (χ0v) is 11.1. The summed E-state index contributed by atoms with van der Waals surface area (Å²) in [4.78, 5) is -0.0467. The largest absolute Gasteiger partial charge is 0.390 e. The molecule has 0 unspecified atom stereocenters. The van der Waals surface area contributed by atoms with Gasteiger partial charge in [0, 0.05) is 13.1 Å². The minimum absolute atomic E-state index is 0.0467. The van der Waals surface area contributed by atoms with E-state index in [0.717, 1.165) is 5.56 Å². The van der Waals surface area contributed by atoms with Crippen LogP contribution < -0.4 is 10.0 Å². The van der Waals surface area contributed by atoms with Crippen molar-refractivity contribution in [1.82, 2.24) is 10.0 Å². The summed E-state index contributed by atoms with van der Waals surface area (Å²) in [6.45, 7) is -0.0775. The van der Waals surface area contributed by atoms with Gasteiger partial charge in [-0.2, -0.15) is 13.2 Å². The molecule has 8 heteroatoms. The first-order valence-electron chi connectivity index (χ1n) is 5.54. The fourth-order valence-corrected chi connectivity index (χ4v) is 2.43. The van der Waals surface area contributed by atoms with Gasteiger partial charge in [-0.25, -0.2) is 13.1 Å². The normalized spacial score (nSPS) is 12.6. The van der Waals surface area contributed by atoms with Crippen LogP contribution in [-0.4, -0.2) is 28.2 Å². The maximum atomic E-state index is 11.9. The summed E-state index contributed by atoms with van der Waals surface area (Å²) in [6, 6.07) is 5.94. The standard InChI is InChI=1S/C11H15F3N2O2S/c1-15-8-9-2-4-10(5-3-9)19(17,18)16-7-6-11(12,13)14/h2-5,15-16H,6-8H2,1H3. The number of rotatable bonds is 6. The number of benzene rings is 1. The molecule has 0 saturated heterocycles. The van der Waals surface area contributed by atoms with E-state index in [9.17, 15) is 21.6 Å². The van der Waals surface area contributed by atoms with Gasteiger partial charge < -0.3 is 5.32 Å². The van der Waals surface area contributed by atoms with Crippen LogP contribution in [0, 0.1) is 0 Å². The third-order valence-electron chi connectivity index (χ3n) is 2.32. The molecular formula is C11H15F3N2O2S. The van der Waals surface area contributed by atoms with Gasteiger partial charge in [-0.3, -0.25) is 0 Å². The molecule has 0 saturated carbocycles. The molecule has 0 spiro atoms. The molecular weight excluding hydrogens is 281 g/mol. The highest BCUT2D eigenvalue weighted by Crippen LogP contribution is 2.19. The number of alkyl halides is 3. The van der Waals surface area contributed by atoms with Crippen molar-refractivity contribution in [3.8, 4) is 0 Å². The van der Waals surface area contributed by atoms with E-state index in [1.54, 1.807) is 19.2 Å². The van der Waals surface area contributed by atoms with Crippen LogP contribution in [0.4, 0.5) is 13.2 Å². The Hall–Kier alpha value is -1.12. The predicted octanol–water partition coefficient (Wildman–Crippen LogP) is 1.64. The third-order valence-corrected chi connectivity index (χ3v) is 3.79. The molecule has 0 aliphatic carbocycles. The molecule has 0 bridgehead atoms. The Balaban J connectivity index is 2.67. The van der Waals surface area contributed by atoms with Crippen molar-refractivity contribution in [2.45, 2.75) is 24.0 Å². The van der Waals surface area contributed by atoms with E-state index in [-0.39, 0.29) is 4.90 Å². The van der Waals surface area contributed by atoms with Crippen molar-refractivity contribution in [2.24, 2.45) is 0 Å². The van der Waals surface area contributed by atoms with Crippen LogP contribution in [0.3, 0.4) is 0 Å². The molecule has 19 heavy (non-hydrogen) atoms. The van der Waals surface area contributed by atoms with E-state index in [4.69, 9.17) is 0 Å². The topological polar surface area (TPSA) is 58.2 Å². The molecule has 108 valence electrons. The zero-order valence-electron chi connectivity index (χ0n) is 10.3. The van der Waals surface area contributed by atoms with Crippen LogP contribution in [0.25, 0.3) is 0 Å². The third kappa shape index (κ3) is 5.58. The van der Waals surface area contributed by atoms with Crippen LogP contribution in [0.1, 0.15) is 12.0 Å². The molecule has 0 aliphatic heterocycles. The maximum absolute atomic E-state index is 11.9. The minimum Gasteiger partial charge on any atom is -0.316 e. The van der Waals surface area contributed by atoms with Gasteiger partial charge in [-0.05, 0) is 24.7 Å². The molecule has 0 heterocycles. The van der Waals surface area contributed by atoms with Crippen LogP contribution >= 0.6 is 0 Å². The Bertz CT molecular complexity index is 498. The molecule has 0 atom stereocenters. The second-order valence-electron chi connectivity index (χ2n) is 3.94. The quantitative estimate of drug-likeness (QED) is 0.839. The van der Waals surface area contributed by atoms with E-state index in [1.807, 2.05) is 4.72 Å². The molecule has 1 aromatic rings. The highest BCUT2D eigenvalue weighted by molar-refractivity contribution is 7.89. The van der Waals surface area contributed by atoms with Crippen molar-refractivity contribution >= 4 is 10.0 Å². The van der Waals surface area contributed by atoms with Crippen molar-refractivity contribution in [2.75, 3.05) is 13.6 Å². The van der Waals surface area contributed by atoms with Crippen molar-refractivity contribution < 1.29 is 21.6 Å². The number of halogens is 3. The predicted molar refractivity (Wildman–Crippen MR) is 65.1 cm³/mol. The number of nitrogens with one attached hydrogen (secondary N) is 2. The lowest BCUT2D eigenvalue weighted by atomic mass is 10.2. The van der Waals surface area contributed by atoms with Crippen LogP contribution in [0.15, 0.2) is 29.2 Å². The van der Waals surface area contributed by atoms with Gasteiger partial charge in [-0.1, -0.05) is 12.1 Å². The SMILES string of the molecule is CNCc1ccc(S(=O)(=O)NCCC(F)(F)F)cc1. The molecule has 0 aliphatic rings. The molecule has 1 aromatic carbocycles. The Morgan fingerprint density at radius 3 is 2.21 bits per heavy atom. The highest BCUT2D eigenvalue weighted by atomic mass is 32.2. The van der Waals surface area contributed by atoms with Crippen molar-refractivity contribution in [3.63, 3.8) is 0 Å². The maximum Gasteiger partial charge on any atom is 0.390 e. The van der Waals surface area contributed by atoms with Crippen LogP contribution in [0.2, 0.25) is 0 Å². The van der Waals surface area contributed by atoms with Crippen LogP contribution in [-0.2, 0) is 16.6 Å². The molecule has 0 aromatic heterocycles. The van der Waals surface area contributed by atoms with E-state index in [2.05, 4.69) is 5.32 Å². The van der Waals surface area contributed by atoms with Gasteiger partial charge in [-0.15, -0.1) is 0 Å². The van der Waals surface area contributed by atoms with Gasteiger partial charge in [0.25, 0.3) is 0 Å². The second-order valence-corrected chi connectivity index (χ2v) is 5.70. The lowest BCUT2D eigenvalue weighted by molar-refractivity contribution is -0.132. The Morgan fingerprint density at radius 1 is 1.16 bits per heavy atom. The summed E-state index contributed by atoms with van der Waals surface area (Å²) < 4.78 is 61.1. The Labute approximate surface area is 110 Å². The zero-order chi connectivity index (χ0) is 14.5. The lowest BCUT2D eigenvalue weighted by Gasteiger charge is -2.09. The number of hydrogen-bond acceptors (Lipinski definition) is 3. The Morgan fingerprint density at radius 2 is 1.74 bits per heavy atom. The molecule has 1 rings (SSSR count). The first kappa shape index (κ1) is 15.9. The smallest absolute Gasteiger partial charge is 0.316 e. The lowest BCUT2D eigenvalue weighted by Crippen LogP contribution is -2.28. The second kappa shape index (κ2) is 6.36. The molecule has 0 amide bonds. The van der Waals surface area contributed by atoms with E-state index < -0.39 is 29.2 Å². The Kier molecular flexibility index (Phi) is 5.33. The van der Waals surface area contributed by atoms with E-state index in [1.165, 1.54) is 12.1 Å². The molecule has 0 fully saturated rings. The highest BCUT2D eigenvalue weighted by Gasteiger charge is 2.27.